The third kappa shape index (κ3) is 5.18. The van der Waals surface area contributed by atoms with Crippen LogP contribution in [0.5, 0.6) is 5.75 Å². The maximum Gasteiger partial charge on any atom is 0.184 e. The van der Waals surface area contributed by atoms with Gasteiger partial charge >= 0.3 is 0 Å². The molecule has 1 atom stereocenters. The van der Waals surface area contributed by atoms with Gasteiger partial charge in [0.15, 0.2) is 6.29 Å². The van der Waals surface area contributed by atoms with Gasteiger partial charge in [-0.1, -0.05) is 56.2 Å². The topological polar surface area (TPSA) is 44.8 Å². The van der Waals surface area contributed by atoms with Crippen molar-refractivity contribution in [3.63, 3.8) is 0 Å². The van der Waals surface area contributed by atoms with Crippen molar-refractivity contribution >= 4 is 5.78 Å². The average molecular weight is 368 g/mol. The van der Waals surface area contributed by atoms with Gasteiger partial charge in [0.1, 0.15) is 11.5 Å². The number of hydrogen-bond donors (Lipinski definition) is 0. The van der Waals surface area contributed by atoms with Gasteiger partial charge in [0.25, 0.3) is 0 Å². The summed E-state index contributed by atoms with van der Waals surface area (Å²) in [6.45, 7) is 5.79. The number of ether oxygens (including phenoxy) is 3. The van der Waals surface area contributed by atoms with Gasteiger partial charge in [-0.25, -0.2) is 0 Å². The molecule has 0 saturated carbocycles. The fourth-order valence-electron chi connectivity index (χ4n) is 3.36. The molecule has 0 spiro atoms. The minimum Gasteiger partial charge on any atom is -0.494 e. The van der Waals surface area contributed by atoms with E-state index in [2.05, 4.69) is 6.92 Å². The van der Waals surface area contributed by atoms with Crippen LogP contribution < -0.4 is 4.74 Å². The Morgan fingerprint density at radius 3 is 2.15 bits per heavy atom. The molecule has 1 unspecified atom stereocenters. The molecule has 0 bridgehead atoms. The largest absolute Gasteiger partial charge is 0.494 e. The highest BCUT2D eigenvalue weighted by Gasteiger charge is 2.22. The van der Waals surface area contributed by atoms with Crippen molar-refractivity contribution in [1.29, 1.82) is 0 Å². The number of Topliss-reactive ketones (excluding diaryl/α,β-unsaturated/α-hetero) is 1. The van der Waals surface area contributed by atoms with Crippen molar-refractivity contribution in [2.24, 2.45) is 0 Å². The number of carbonyl (C=O) groups is 1. The Morgan fingerprint density at radius 2 is 1.59 bits per heavy atom. The molecule has 1 aliphatic heterocycles. The van der Waals surface area contributed by atoms with Crippen LogP contribution in [0.15, 0.2) is 48.5 Å². The first kappa shape index (κ1) is 19.6. The van der Waals surface area contributed by atoms with Crippen LogP contribution in [0.1, 0.15) is 62.0 Å². The third-order valence-electron chi connectivity index (χ3n) is 4.80. The van der Waals surface area contributed by atoms with Gasteiger partial charge < -0.3 is 14.2 Å². The van der Waals surface area contributed by atoms with Crippen molar-refractivity contribution in [3.8, 4) is 5.75 Å². The lowest BCUT2D eigenvalue weighted by atomic mass is 9.88. The van der Waals surface area contributed by atoms with Crippen LogP contribution in [0.3, 0.4) is 0 Å². The van der Waals surface area contributed by atoms with Crippen LogP contribution in [0.4, 0.5) is 0 Å². The molecule has 0 radical (unpaired) electrons. The first-order chi connectivity index (χ1) is 13.2. The second-order valence-electron chi connectivity index (χ2n) is 6.91. The molecule has 0 aromatic heterocycles. The highest BCUT2D eigenvalue weighted by atomic mass is 16.7. The summed E-state index contributed by atoms with van der Waals surface area (Å²) in [4.78, 5) is 12.3. The Morgan fingerprint density at radius 1 is 1.00 bits per heavy atom. The highest BCUT2D eigenvalue weighted by Crippen LogP contribution is 2.30. The molecular formula is C23H28O4. The van der Waals surface area contributed by atoms with E-state index in [1.54, 1.807) is 6.92 Å². The summed E-state index contributed by atoms with van der Waals surface area (Å²) in [5, 5.41) is 0. The number of carbonyl (C=O) groups excluding carboxylic acids is 1. The molecular weight excluding hydrogens is 340 g/mol. The number of hydrogen-bond acceptors (Lipinski definition) is 4. The molecule has 144 valence electrons. The lowest BCUT2D eigenvalue weighted by molar-refractivity contribution is -0.117. The molecule has 4 nitrogen and oxygen atoms in total. The summed E-state index contributed by atoms with van der Waals surface area (Å²) in [7, 11) is 0. The molecule has 0 amide bonds. The summed E-state index contributed by atoms with van der Waals surface area (Å²) in [6.07, 6.45) is 3.13. The molecule has 2 aromatic rings. The van der Waals surface area contributed by atoms with Crippen molar-refractivity contribution in [1.82, 2.24) is 0 Å². The van der Waals surface area contributed by atoms with E-state index in [0.29, 0.717) is 13.2 Å². The quantitative estimate of drug-likeness (QED) is 0.583. The Bertz CT molecular complexity index is 715. The van der Waals surface area contributed by atoms with Gasteiger partial charge in [0.05, 0.1) is 25.7 Å². The third-order valence-corrected chi connectivity index (χ3v) is 4.80. The Hall–Kier alpha value is -2.17. The predicted molar refractivity (Wildman–Crippen MR) is 105 cm³/mol. The smallest absolute Gasteiger partial charge is 0.184 e. The predicted octanol–water partition coefficient (Wildman–Crippen LogP) is 5.02. The maximum absolute atomic E-state index is 12.3. The van der Waals surface area contributed by atoms with Crippen LogP contribution in [0.2, 0.25) is 0 Å². The lowest BCUT2D eigenvalue weighted by Crippen LogP contribution is -2.11. The van der Waals surface area contributed by atoms with E-state index in [-0.39, 0.29) is 18.0 Å². The van der Waals surface area contributed by atoms with Crippen molar-refractivity contribution in [2.75, 3.05) is 19.8 Å². The fraction of sp³-hybridized carbons (Fsp3) is 0.435. The second-order valence-corrected chi connectivity index (χ2v) is 6.91. The number of benzene rings is 2. The zero-order valence-corrected chi connectivity index (χ0v) is 16.1. The zero-order chi connectivity index (χ0) is 19.1. The second kappa shape index (κ2) is 9.67. The minimum absolute atomic E-state index is 0.118. The molecule has 2 aromatic carbocycles. The van der Waals surface area contributed by atoms with Crippen LogP contribution in [-0.4, -0.2) is 25.6 Å². The van der Waals surface area contributed by atoms with E-state index in [4.69, 9.17) is 14.2 Å². The Kier molecular flexibility index (Phi) is 7.02. The zero-order valence-electron chi connectivity index (χ0n) is 16.1. The monoisotopic (exact) mass is 368 g/mol. The van der Waals surface area contributed by atoms with E-state index in [1.807, 2.05) is 48.5 Å². The van der Waals surface area contributed by atoms with E-state index in [9.17, 15) is 4.79 Å². The van der Waals surface area contributed by atoms with E-state index >= 15 is 0 Å². The summed E-state index contributed by atoms with van der Waals surface area (Å²) in [5.74, 6) is 0.689. The number of ketones is 1. The standard InChI is InChI=1S/C23H28O4/c1-3-4-5-14-25-21-12-10-19(11-13-21)22(17(2)24)18-6-8-20(9-7-18)23-26-15-16-27-23/h6-13,22-23H,3-5,14-16H2,1-2H3. The van der Waals surface area contributed by atoms with Crippen LogP contribution in [0, 0.1) is 0 Å². The minimum atomic E-state index is -0.293. The van der Waals surface area contributed by atoms with Gasteiger partial charge in [0.2, 0.25) is 0 Å². The first-order valence-electron chi connectivity index (χ1n) is 9.75. The molecule has 27 heavy (non-hydrogen) atoms. The van der Waals surface area contributed by atoms with Crippen LogP contribution in [-0.2, 0) is 14.3 Å². The van der Waals surface area contributed by atoms with Gasteiger partial charge in [-0.05, 0) is 36.6 Å². The van der Waals surface area contributed by atoms with Crippen molar-refractivity contribution in [3.05, 3.63) is 65.2 Å². The molecule has 0 N–H and O–H groups in total. The molecule has 3 rings (SSSR count). The summed E-state index contributed by atoms with van der Waals surface area (Å²) < 4.78 is 16.8. The van der Waals surface area contributed by atoms with Crippen molar-refractivity contribution in [2.45, 2.75) is 45.3 Å². The first-order valence-corrected chi connectivity index (χ1v) is 9.75. The molecule has 1 fully saturated rings. The summed E-state index contributed by atoms with van der Waals surface area (Å²) in [5.41, 5.74) is 2.93. The fourth-order valence-corrected chi connectivity index (χ4v) is 3.36. The maximum atomic E-state index is 12.3. The van der Waals surface area contributed by atoms with Gasteiger partial charge in [-0.2, -0.15) is 0 Å². The van der Waals surface area contributed by atoms with Gasteiger partial charge in [0, 0.05) is 5.56 Å². The molecule has 1 aliphatic rings. The van der Waals surface area contributed by atoms with Crippen molar-refractivity contribution < 1.29 is 19.0 Å². The molecule has 1 heterocycles. The van der Waals surface area contributed by atoms with Gasteiger partial charge in [-0.15, -0.1) is 0 Å². The summed E-state index contributed by atoms with van der Waals surface area (Å²) >= 11 is 0. The summed E-state index contributed by atoms with van der Waals surface area (Å²) in [6, 6.07) is 15.8. The van der Waals surface area contributed by atoms with E-state index in [0.717, 1.165) is 35.5 Å². The molecule has 4 heteroatoms. The Labute approximate surface area is 161 Å². The number of rotatable bonds is 9. The number of unbranched alkanes of at least 4 members (excludes halogenated alkanes) is 2. The molecule has 0 aliphatic carbocycles. The van der Waals surface area contributed by atoms with Crippen LogP contribution >= 0.6 is 0 Å². The van der Waals surface area contributed by atoms with E-state index < -0.39 is 0 Å². The molecule has 1 saturated heterocycles. The normalized spacial score (nSPS) is 15.6. The SMILES string of the molecule is CCCCCOc1ccc(C(C(C)=O)c2ccc(C3OCCO3)cc2)cc1. The van der Waals surface area contributed by atoms with Gasteiger partial charge in [-0.3, -0.25) is 4.79 Å². The van der Waals surface area contributed by atoms with E-state index in [1.165, 1.54) is 12.8 Å². The highest BCUT2D eigenvalue weighted by molar-refractivity contribution is 5.87. The lowest BCUT2D eigenvalue weighted by Gasteiger charge is -2.17. The van der Waals surface area contributed by atoms with Crippen LogP contribution in [0.25, 0.3) is 0 Å². The average Bonchev–Trinajstić information content (AvgIpc) is 3.22. The Balaban J connectivity index is 1.70.